The van der Waals surface area contributed by atoms with Crippen LogP contribution in [0, 0.1) is 0 Å². The number of pyridine rings is 1. The maximum Gasteiger partial charge on any atom is 0.411 e. The Bertz CT molecular complexity index is 1080. The molecule has 2 unspecified atom stereocenters. The minimum Gasteiger partial charge on any atom is -0.453 e. The predicted molar refractivity (Wildman–Crippen MR) is 101 cm³/mol. The number of amides is 1. The highest BCUT2D eigenvalue weighted by Crippen LogP contribution is 2.46. The molecule has 0 saturated heterocycles. The molecule has 1 aromatic heterocycles. The maximum absolute atomic E-state index is 13.4. The van der Waals surface area contributed by atoms with Gasteiger partial charge in [-0.15, -0.1) is 0 Å². The van der Waals surface area contributed by atoms with Crippen LogP contribution in [0.15, 0.2) is 70.6 Å². The van der Waals surface area contributed by atoms with Crippen LogP contribution in [0.3, 0.4) is 0 Å². The van der Waals surface area contributed by atoms with Crippen molar-refractivity contribution < 1.29 is 17.9 Å². The van der Waals surface area contributed by atoms with Crippen LogP contribution in [0.4, 0.5) is 4.79 Å². The van der Waals surface area contributed by atoms with Gasteiger partial charge in [0.1, 0.15) is 5.15 Å². The van der Waals surface area contributed by atoms with E-state index in [2.05, 4.69) is 4.98 Å². The number of benzene rings is 1. The minimum atomic E-state index is -3.84. The number of hydrogen-bond acceptors (Lipinski definition) is 5. The zero-order valence-corrected chi connectivity index (χ0v) is 15.8. The zero-order valence-electron chi connectivity index (χ0n) is 14.2. The number of sulfone groups is 1. The molecule has 2 bridgehead atoms. The topological polar surface area (TPSA) is 76.6 Å². The molecule has 0 saturated carbocycles. The Morgan fingerprint density at radius 2 is 1.85 bits per heavy atom. The largest absolute Gasteiger partial charge is 0.453 e. The van der Waals surface area contributed by atoms with E-state index in [-0.39, 0.29) is 15.0 Å². The Hall–Kier alpha value is -2.64. The molecule has 3 heterocycles. The molecule has 6 nitrogen and oxygen atoms in total. The van der Waals surface area contributed by atoms with Crippen LogP contribution < -0.4 is 0 Å². The van der Waals surface area contributed by atoms with Crippen molar-refractivity contribution in [1.29, 1.82) is 0 Å². The number of aromatic nitrogens is 1. The summed E-state index contributed by atoms with van der Waals surface area (Å²) >= 11 is 6.02. The first-order valence-corrected chi connectivity index (χ1v) is 10.0. The van der Waals surface area contributed by atoms with Gasteiger partial charge in [0.05, 0.1) is 29.0 Å². The van der Waals surface area contributed by atoms with Gasteiger partial charge in [-0.3, -0.25) is 4.90 Å². The smallest absolute Gasteiger partial charge is 0.411 e. The molecule has 0 aliphatic carbocycles. The maximum atomic E-state index is 13.4. The second-order valence-electron chi connectivity index (χ2n) is 6.11. The Labute approximate surface area is 161 Å². The van der Waals surface area contributed by atoms with Crippen LogP contribution in [0.5, 0.6) is 0 Å². The number of fused-ring (bicyclic) bond motifs is 2. The number of carbonyl (C=O) groups is 1. The van der Waals surface area contributed by atoms with Crippen molar-refractivity contribution in [3.63, 3.8) is 0 Å². The fourth-order valence-corrected chi connectivity index (χ4v) is 5.55. The van der Waals surface area contributed by atoms with Crippen molar-refractivity contribution in [2.45, 2.75) is 17.0 Å². The van der Waals surface area contributed by atoms with E-state index < -0.39 is 28.0 Å². The van der Waals surface area contributed by atoms with Gasteiger partial charge in [-0.05, 0) is 29.8 Å². The lowest BCUT2D eigenvalue weighted by Gasteiger charge is -2.22. The molecule has 27 heavy (non-hydrogen) atoms. The summed E-state index contributed by atoms with van der Waals surface area (Å²) in [5.41, 5.74) is 1.12. The fraction of sp³-hybridized carbons (Fsp3) is 0.158. The summed E-state index contributed by atoms with van der Waals surface area (Å²) in [7, 11) is -2.57. The third-order valence-electron chi connectivity index (χ3n) is 4.67. The van der Waals surface area contributed by atoms with E-state index >= 15 is 0 Å². The molecular formula is C19H15ClN2O4S. The van der Waals surface area contributed by atoms with Crippen LogP contribution in [-0.4, -0.2) is 43.6 Å². The number of nitrogens with zero attached hydrogens (tertiary/aromatic N) is 2. The van der Waals surface area contributed by atoms with Crippen LogP contribution in [0.2, 0.25) is 5.15 Å². The molecule has 0 spiro atoms. The summed E-state index contributed by atoms with van der Waals surface area (Å²) < 4.78 is 31.7. The Kier molecular flexibility index (Phi) is 4.28. The summed E-state index contributed by atoms with van der Waals surface area (Å²) in [5.74, 6) is 0. The molecule has 2 atom stereocenters. The van der Waals surface area contributed by atoms with Gasteiger partial charge in [-0.25, -0.2) is 18.2 Å². The molecule has 1 amide bonds. The second kappa shape index (κ2) is 6.51. The lowest BCUT2D eigenvalue weighted by molar-refractivity contribution is 0.124. The van der Waals surface area contributed by atoms with Crippen LogP contribution in [0.25, 0.3) is 5.57 Å². The molecule has 0 radical (unpaired) electrons. The highest BCUT2D eigenvalue weighted by Gasteiger charge is 2.50. The second-order valence-corrected chi connectivity index (χ2v) is 8.42. The van der Waals surface area contributed by atoms with Crippen molar-refractivity contribution in [2.75, 3.05) is 7.11 Å². The Morgan fingerprint density at radius 1 is 1.15 bits per heavy atom. The number of halogens is 1. The molecule has 0 N–H and O–H groups in total. The van der Waals surface area contributed by atoms with E-state index in [4.69, 9.17) is 16.3 Å². The summed E-state index contributed by atoms with van der Waals surface area (Å²) in [5, 5.41) is 0.243. The van der Waals surface area contributed by atoms with Gasteiger partial charge >= 0.3 is 6.09 Å². The van der Waals surface area contributed by atoms with E-state index in [1.165, 1.54) is 30.3 Å². The standard InChI is InChI=1S/C19H15ClN2O4S/c1-26-19(23)22-14-7-8-15(22)18(17(14)12-9-10-21-16(20)11-12)27(24,25)13-5-3-2-4-6-13/h2-11,14-15H,1H3. The van der Waals surface area contributed by atoms with Crippen LogP contribution in [-0.2, 0) is 14.6 Å². The van der Waals surface area contributed by atoms with Crippen molar-refractivity contribution in [3.8, 4) is 0 Å². The summed E-state index contributed by atoms with van der Waals surface area (Å²) in [6.07, 6.45) is 4.43. The highest BCUT2D eigenvalue weighted by molar-refractivity contribution is 7.95. The van der Waals surface area contributed by atoms with Crippen LogP contribution in [0.1, 0.15) is 5.56 Å². The van der Waals surface area contributed by atoms with E-state index in [0.717, 1.165) is 0 Å². The SMILES string of the molecule is COC(=O)N1C2C=CC1C(S(=O)(=O)c1ccccc1)=C2c1ccnc(Cl)c1. The van der Waals surface area contributed by atoms with Gasteiger partial charge in [-0.2, -0.15) is 0 Å². The fourth-order valence-electron chi connectivity index (χ4n) is 3.57. The lowest BCUT2D eigenvalue weighted by Crippen LogP contribution is -2.38. The molecule has 2 aliphatic heterocycles. The van der Waals surface area contributed by atoms with Crippen molar-refractivity contribution in [1.82, 2.24) is 9.88 Å². The molecule has 138 valence electrons. The molecule has 1 aromatic carbocycles. The van der Waals surface area contributed by atoms with Crippen molar-refractivity contribution >= 4 is 33.1 Å². The number of ether oxygens (including phenoxy) is 1. The Morgan fingerprint density at radius 3 is 2.52 bits per heavy atom. The number of carbonyl (C=O) groups excluding carboxylic acids is 1. The van der Waals surface area contributed by atoms with Gasteiger partial charge in [-0.1, -0.05) is 42.0 Å². The molecular weight excluding hydrogens is 388 g/mol. The van der Waals surface area contributed by atoms with E-state index in [1.54, 1.807) is 42.5 Å². The normalized spacial score (nSPS) is 21.0. The van der Waals surface area contributed by atoms with Crippen LogP contribution >= 0.6 is 11.6 Å². The van der Waals surface area contributed by atoms with Gasteiger partial charge < -0.3 is 4.74 Å². The predicted octanol–water partition coefficient (Wildman–Crippen LogP) is 3.31. The zero-order chi connectivity index (χ0) is 19.2. The van der Waals surface area contributed by atoms with E-state index in [1.807, 2.05) is 0 Å². The molecule has 0 fully saturated rings. The first-order chi connectivity index (χ1) is 12.9. The summed E-state index contributed by atoms with van der Waals surface area (Å²) in [6, 6.07) is 10.2. The third-order valence-corrected chi connectivity index (χ3v) is 6.81. The number of hydrogen-bond donors (Lipinski definition) is 0. The summed E-state index contributed by atoms with van der Waals surface area (Å²) in [4.78, 5) is 18.0. The van der Waals surface area contributed by atoms with Gasteiger partial charge in [0.25, 0.3) is 0 Å². The van der Waals surface area contributed by atoms with Gasteiger partial charge in [0, 0.05) is 11.8 Å². The van der Waals surface area contributed by atoms with Crippen molar-refractivity contribution in [3.05, 3.63) is 76.4 Å². The van der Waals surface area contributed by atoms with E-state index in [0.29, 0.717) is 11.1 Å². The molecule has 2 aliphatic rings. The lowest BCUT2D eigenvalue weighted by atomic mass is 9.98. The Balaban J connectivity index is 1.95. The molecule has 2 aromatic rings. The van der Waals surface area contributed by atoms with Gasteiger partial charge in [0.15, 0.2) is 0 Å². The van der Waals surface area contributed by atoms with Gasteiger partial charge in [0.2, 0.25) is 9.84 Å². The monoisotopic (exact) mass is 402 g/mol. The summed E-state index contributed by atoms with van der Waals surface area (Å²) in [6.45, 7) is 0. The average molecular weight is 403 g/mol. The van der Waals surface area contributed by atoms with Crippen molar-refractivity contribution in [2.24, 2.45) is 0 Å². The number of rotatable bonds is 3. The average Bonchev–Trinajstić information content (AvgIpc) is 3.24. The first-order valence-electron chi connectivity index (χ1n) is 8.16. The first kappa shape index (κ1) is 17.8. The quantitative estimate of drug-likeness (QED) is 0.581. The number of methoxy groups -OCH3 is 1. The third kappa shape index (κ3) is 2.74. The minimum absolute atomic E-state index is 0.161. The highest BCUT2D eigenvalue weighted by atomic mass is 35.5. The molecule has 8 heteroatoms. The van der Waals surface area contributed by atoms with E-state index in [9.17, 15) is 13.2 Å². The molecule has 4 rings (SSSR count).